The molecule has 4 heteroatoms. The number of carboxylic acids is 1. The third-order valence-electron chi connectivity index (χ3n) is 3.70. The number of hydrogen-bond donors (Lipinski definition) is 1. The number of carboxylic acid groups (broad SMARTS) is 1. The molecule has 2 aliphatic heterocycles. The number of carbonyl (C=O) groups is 2. The van der Waals surface area contributed by atoms with Crippen LogP contribution in [0.5, 0.6) is 0 Å². The summed E-state index contributed by atoms with van der Waals surface area (Å²) in [7, 11) is 0. The largest absolute Gasteiger partial charge is 0.478 e. The van der Waals surface area contributed by atoms with Crippen LogP contribution >= 0.6 is 0 Å². The number of amides is 1. The van der Waals surface area contributed by atoms with Crippen molar-refractivity contribution >= 4 is 17.6 Å². The summed E-state index contributed by atoms with van der Waals surface area (Å²) >= 11 is 0. The lowest BCUT2D eigenvalue weighted by Crippen LogP contribution is -2.53. The number of anilines is 1. The zero-order chi connectivity index (χ0) is 12.0. The van der Waals surface area contributed by atoms with Crippen LogP contribution in [0.4, 0.5) is 5.69 Å². The molecule has 1 aromatic rings. The van der Waals surface area contributed by atoms with Gasteiger partial charge in [0.15, 0.2) is 0 Å². The molecular formula is C13H13NO3. The Labute approximate surface area is 98.9 Å². The first kappa shape index (κ1) is 10.3. The molecule has 2 saturated heterocycles. The second-order valence-corrected chi connectivity index (χ2v) is 4.84. The van der Waals surface area contributed by atoms with Gasteiger partial charge in [0, 0.05) is 18.2 Å². The van der Waals surface area contributed by atoms with Gasteiger partial charge in [0.1, 0.15) is 0 Å². The minimum absolute atomic E-state index is 0.148. The Morgan fingerprint density at radius 2 is 2.12 bits per heavy atom. The van der Waals surface area contributed by atoms with Crippen LogP contribution in [0.2, 0.25) is 0 Å². The highest BCUT2D eigenvalue weighted by Crippen LogP contribution is 2.42. The number of hydrogen-bond acceptors (Lipinski definition) is 2. The van der Waals surface area contributed by atoms with E-state index in [-0.39, 0.29) is 17.4 Å². The average Bonchev–Trinajstić information content (AvgIpc) is 2.27. The molecule has 1 aliphatic carbocycles. The molecule has 0 radical (unpaired) electrons. The molecule has 2 heterocycles. The summed E-state index contributed by atoms with van der Waals surface area (Å²) in [6, 6.07) is 6.60. The van der Waals surface area contributed by atoms with Gasteiger partial charge in [-0.3, -0.25) is 4.79 Å². The number of nitrogens with zero attached hydrogens (tertiary/aromatic N) is 1. The molecule has 1 N–H and O–H groups in total. The second kappa shape index (κ2) is 3.58. The number of benzene rings is 1. The van der Waals surface area contributed by atoms with Gasteiger partial charge in [0.05, 0.1) is 5.56 Å². The van der Waals surface area contributed by atoms with E-state index >= 15 is 0 Å². The van der Waals surface area contributed by atoms with Gasteiger partial charge in [-0.2, -0.15) is 0 Å². The van der Waals surface area contributed by atoms with Crippen LogP contribution in [0.3, 0.4) is 0 Å². The first-order chi connectivity index (χ1) is 8.15. The van der Waals surface area contributed by atoms with E-state index in [9.17, 15) is 9.59 Å². The Balaban J connectivity index is 1.91. The monoisotopic (exact) mass is 231 g/mol. The van der Waals surface area contributed by atoms with Crippen molar-refractivity contribution in [2.75, 3.05) is 11.4 Å². The molecule has 3 aliphatic rings. The zero-order valence-corrected chi connectivity index (χ0v) is 9.30. The molecule has 88 valence electrons. The van der Waals surface area contributed by atoms with E-state index in [4.69, 9.17) is 5.11 Å². The lowest BCUT2D eigenvalue weighted by atomic mass is 9.70. The third kappa shape index (κ3) is 1.60. The summed E-state index contributed by atoms with van der Waals surface area (Å²) in [5, 5.41) is 8.93. The average molecular weight is 231 g/mol. The molecule has 4 nitrogen and oxygen atoms in total. The first-order valence-corrected chi connectivity index (χ1v) is 5.80. The van der Waals surface area contributed by atoms with Crippen LogP contribution in [0.15, 0.2) is 24.3 Å². The summed E-state index contributed by atoms with van der Waals surface area (Å²) < 4.78 is 0. The van der Waals surface area contributed by atoms with E-state index in [1.54, 1.807) is 29.2 Å². The molecule has 2 bridgehead atoms. The molecule has 1 saturated carbocycles. The number of rotatable bonds is 2. The third-order valence-corrected chi connectivity index (χ3v) is 3.70. The summed E-state index contributed by atoms with van der Waals surface area (Å²) in [5.74, 6) is -0.0371. The van der Waals surface area contributed by atoms with Crippen molar-refractivity contribution in [1.82, 2.24) is 0 Å². The normalized spacial score (nSPS) is 26.6. The Morgan fingerprint density at radius 3 is 2.76 bits per heavy atom. The summed E-state index contributed by atoms with van der Waals surface area (Å²) in [5.41, 5.74) is 0.943. The minimum Gasteiger partial charge on any atom is -0.478 e. The number of fused-ring (bicyclic) bond motifs is 2. The fourth-order valence-electron chi connectivity index (χ4n) is 2.69. The Kier molecular flexibility index (Phi) is 2.18. The fraction of sp³-hybridized carbons (Fsp3) is 0.385. The van der Waals surface area contributed by atoms with Crippen molar-refractivity contribution in [1.29, 1.82) is 0 Å². The molecule has 0 unspecified atom stereocenters. The Bertz CT molecular complexity index is 491. The van der Waals surface area contributed by atoms with Gasteiger partial charge in [0.25, 0.3) is 0 Å². The van der Waals surface area contributed by atoms with Gasteiger partial charge in [-0.05, 0) is 37.0 Å². The van der Waals surface area contributed by atoms with E-state index < -0.39 is 5.97 Å². The number of piperidine rings is 2. The maximum atomic E-state index is 12.0. The molecule has 3 fully saturated rings. The molecule has 1 aromatic carbocycles. The van der Waals surface area contributed by atoms with Crippen molar-refractivity contribution in [3.63, 3.8) is 0 Å². The van der Waals surface area contributed by atoms with Crippen LogP contribution in [-0.2, 0) is 4.79 Å². The molecule has 17 heavy (non-hydrogen) atoms. The SMILES string of the molecule is O=C(O)c1cccc(N2CC3CC(C3)C2=O)c1. The van der Waals surface area contributed by atoms with Crippen molar-refractivity contribution < 1.29 is 14.7 Å². The summed E-state index contributed by atoms with van der Waals surface area (Å²) in [6.45, 7) is 0.735. The van der Waals surface area contributed by atoms with E-state index in [0.29, 0.717) is 11.6 Å². The van der Waals surface area contributed by atoms with E-state index in [1.807, 2.05) is 0 Å². The Morgan fingerprint density at radius 1 is 1.35 bits per heavy atom. The highest BCUT2D eigenvalue weighted by Gasteiger charge is 2.43. The van der Waals surface area contributed by atoms with Crippen LogP contribution < -0.4 is 4.90 Å². The van der Waals surface area contributed by atoms with Crippen molar-refractivity contribution in [3.05, 3.63) is 29.8 Å². The molecule has 0 spiro atoms. The van der Waals surface area contributed by atoms with E-state index in [1.165, 1.54) is 0 Å². The van der Waals surface area contributed by atoms with Crippen molar-refractivity contribution in [3.8, 4) is 0 Å². The highest BCUT2D eigenvalue weighted by molar-refractivity contribution is 5.98. The molecule has 0 atom stereocenters. The lowest BCUT2D eigenvalue weighted by molar-refractivity contribution is -0.129. The number of carbonyl (C=O) groups excluding carboxylic acids is 1. The highest BCUT2D eigenvalue weighted by atomic mass is 16.4. The van der Waals surface area contributed by atoms with Crippen LogP contribution in [-0.4, -0.2) is 23.5 Å². The minimum atomic E-state index is -0.957. The molecule has 0 aromatic heterocycles. The van der Waals surface area contributed by atoms with Crippen LogP contribution in [0.25, 0.3) is 0 Å². The van der Waals surface area contributed by atoms with Gasteiger partial charge in [-0.25, -0.2) is 4.79 Å². The maximum absolute atomic E-state index is 12.0. The smallest absolute Gasteiger partial charge is 0.335 e. The topological polar surface area (TPSA) is 57.6 Å². The van der Waals surface area contributed by atoms with Gasteiger partial charge >= 0.3 is 5.97 Å². The fourth-order valence-corrected chi connectivity index (χ4v) is 2.69. The van der Waals surface area contributed by atoms with E-state index in [2.05, 4.69) is 0 Å². The predicted octanol–water partition coefficient (Wildman–Crippen LogP) is 1.76. The maximum Gasteiger partial charge on any atom is 0.335 e. The first-order valence-electron chi connectivity index (χ1n) is 5.80. The molecular weight excluding hydrogens is 218 g/mol. The predicted molar refractivity (Wildman–Crippen MR) is 62.0 cm³/mol. The summed E-state index contributed by atoms with van der Waals surface area (Å²) in [4.78, 5) is 24.6. The van der Waals surface area contributed by atoms with Gasteiger partial charge in [-0.15, -0.1) is 0 Å². The molecule has 1 amide bonds. The van der Waals surface area contributed by atoms with Crippen LogP contribution in [0, 0.1) is 11.8 Å². The lowest BCUT2D eigenvalue weighted by Gasteiger charge is -2.46. The number of aromatic carboxylic acids is 1. The quantitative estimate of drug-likeness (QED) is 0.843. The van der Waals surface area contributed by atoms with Crippen LogP contribution in [0.1, 0.15) is 23.2 Å². The molecule has 4 rings (SSSR count). The van der Waals surface area contributed by atoms with Crippen molar-refractivity contribution in [2.24, 2.45) is 11.8 Å². The van der Waals surface area contributed by atoms with Crippen molar-refractivity contribution in [2.45, 2.75) is 12.8 Å². The summed E-state index contributed by atoms with van der Waals surface area (Å²) in [6.07, 6.45) is 2.02. The second-order valence-electron chi connectivity index (χ2n) is 4.84. The van der Waals surface area contributed by atoms with Gasteiger partial charge < -0.3 is 10.0 Å². The standard InChI is InChI=1S/C13H13NO3/c15-12-10-4-8(5-10)7-14(12)11-3-1-2-9(6-11)13(16)17/h1-3,6,8,10H,4-5,7H2,(H,16,17). The van der Waals surface area contributed by atoms with E-state index in [0.717, 1.165) is 19.4 Å². The van der Waals surface area contributed by atoms with Gasteiger partial charge in [-0.1, -0.05) is 6.07 Å². The van der Waals surface area contributed by atoms with Gasteiger partial charge in [0.2, 0.25) is 5.91 Å². The zero-order valence-electron chi connectivity index (χ0n) is 9.30. The Hall–Kier alpha value is -1.84.